The predicted molar refractivity (Wildman–Crippen MR) is 113 cm³/mol. The first-order valence-electron chi connectivity index (χ1n) is 9.40. The number of piperazine rings is 1. The maximum atomic E-state index is 6.10. The van der Waals surface area contributed by atoms with E-state index >= 15 is 0 Å². The largest absolute Gasteiger partial charge is 0.369 e. The van der Waals surface area contributed by atoms with Gasteiger partial charge < -0.3 is 15.1 Å². The Morgan fingerprint density at radius 1 is 1.00 bits per heavy atom. The summed E-state index contributed by atoms with van der Waals surface area (Å²) in [6.07, 6.45) is 0. The van der Waals surface area contributed by atoms with Gasteiger partial charge in [-0.05, 0) is 55.9 Å². The molecule has 1 saturated heterocycles. The van der Waals surface area contributed by atoms with Gasteiger partial charge in [0.2, 0.25) is 0 Å². The molecule has 0 spiro atoms. The minimum atomic E-state index is 0.680. The van der Waals surface area contributed by atoms with E-state index in [2.05, 4.69) is 56.3 Å². The van der Waals surface area contributed by atoms with Gasteiger partial charge in [-0.1, -0.05) is 18.5 Å². The number of hydrogen-bond donors (Lipinski definition) is 1. The molecule has 27 heavy (non-hydrogen) atoms. The van der Waals surface area contributed by atoms with E-state index in [4.69, 9.17) is 11.6 Å². The van der Waals surface area contributed by atoms with Crippen LogP contribution in [-0.4, -0.2) is 47.6 Å². The van der Waals surface area contributed by atoms with Gasteiger partial charge in [0, 0.05) is 48.0 Å². The van der Waals surface area contributed by atoms with E-state index in [1.54, 1.807) is 0 Å². The monoisotopic (exact) mass is 381 g/mol. The summed E-state index contributed by atoms with van der Waals surface area (Å²) in [4.78, 5) is 14.0. The highest BCUT2D eigenvalue weighted by Gasteiger charge is 2.15. The third-order valence-corrected chi connectivity index (χ3v) is 5.32. The van der Waals surface area contributed by atoms with E-state index in [-0.39, 0.29) is 0 Å². The Kier molecular flexibility index (Phi) is 5.14. The van der Waals surface area contributed by atoms with E-state index in [1.165, 1.54) is 5.69 Å². The Morgan fingerprint density at radius 2 is 1.74 bits per heavy atom. The van der Waals surface area contributed by atoms with Crippen LogP contribution in [0.3, 0.4) is 0 Å². The Morgan fingerprint density at radius 3 is 2.44 bits per heavy atom. The van der Waals surface area contributed by atoms with Crippen LogP contribution in [0.1, 0.15) is 12.7 Å². The first-order valence-corrected chi connectivity index (χ1v) is 9.78. The fraction of sp³-hybridized carbons (Fsp3) is 0.333. The van der Waals surface area contributed by atoms with Gasteiger partial charge in [-0.3, -0.25) is 0 Å². The minimum absolute atomic E-state index is 0.680. The maximum absolute atomic E-state index is 6.10. The van der Waals surface area contributed by atoms with Gasteiger partial charge >= 0.3 is 0 Å². The van der Waals surface area contributed by atoms with E-state index in [0.29, 0.717) is 5.02 Å². The lowest BCUT2D eigenvalue weighted by Gasteiger charge is -2.35. The average Bonchev–Trinajstić information content (AvgIpc) is 2.68. The molecule has 1 aliphatic rings. The van der Waals surface area contributed by atoms with Crippen LogP contribution in [0.25, 0.3) is 10.9 Å². The van der Waals surface area contributed by atoms with Crippen molar-refractivity contribution < 1.29 is 0 Å². The second-order valence-corrected chi connectivity index (χ2v) is 7.31. The summed E-state index contributed by atoms with van der Waals surface area (Å²) in [5, 5.41) is 5.08. The third-order valence-electron chi connectivity index (χ3n) is 5.09. The number of likely N-dealkylation sites (N-methyl/N-ethyl adjacent to an activating group) is 1. The molecule has 0 aliphatic carbocycles. The van der Waals surface area contributed by atoms with E-state index in [0.717, 1.165) is 61.0 Å². The number of halogens is 1. The molecule has 0 bridgehead atoms. The number of nitrogens with zero attached hydrogens (tertiary/aromatic N) is 4. The topological polar surface area (TPSA) is 44.3 Å². The molecule has 0 unspecified atom stereocenters. The van der Waals surface area contributed by atoms with E-state index in [9.17, 15) is 0 Å². The fourth-order valence-electron chi connectivity index (χ4n) is 3.53. The number of benzene rings is 2. The van der Waals surface area contributed by atoms with Gasteiger partial charge in [0.1, 0.15) is 11.6 Å². The maximum Gasteiger partial charge on any atom is 0.142 e. The van der Waals surface area contributed by atoms with Gasteiger partial charge in [0.25, 0.3) is 0 Å². The number of rotatable bonds is 4. The van der Waals surface area contributed by atoms with Gasteiger partial charge in [0.05, 0.1) is 5.52 Å². The molecule has 1 N–H and O–H groups in total. The molecule has 1 aromatic heterocycles. The molecule has 4 rings (SSSR count). The van der Waals surface area contributed by atoms with Crippen molar-refractivity contribution in [2.45, 2.75) is 13.8 Å². The summed E-state index contributed by atoms with van der Waals surface area (Å²) in [5.74, 6) is 1.52. The van der Waals surface area contributed by atoms with Gasteiger partial charge in [0.15, 0.2) is 0 Å². The van der Waals surface area contributed by atoms with Crippen molar-refractivity contribution in [3.63, 3.8) is 0 Å². The van der Waals surface area contributed by atoms with Crippen LogP contribution in [0, 0.1) is 6.92 Å². The van der Waals surface area contributed by atoms with Crippen LogP contribution in [-0.2, 0) is 0 Å². The molecule has 1 aliphatic heterocycles. The number of hydrogen-bond acceptors (Lipinski definition) is 5. The average molecular weight is 382 g/mol. The smallest absolute Gasteiger partial charge is 0.142 e. The molecular formula is C21H24ClN5. The zero-order valence-corrected chi connectivity index (χ0v) is 16.5. The summed E-state index contributed by atoms with van der Waals surface area (Å²) < 4.78 is 0. The Labute approximate surface area is 165 Å². The summed E-state index contributed by atoms with van der Waals surface area (Å²) in [5.41, 5.74) is 3.13. The van der Waals surface area contributed by atoms with Gasteiger partial charge in [-0.2, -0.15) is 0 Å². The van der Waals surface area contributed by atoms with Crippen molar-refractivity contribution in [2.24, 2.45) is 0 Å². The van der Waals surface area contributed by atoms with Crippen LogP contribution in [0.5, 0.6) is 0 Å². The van der Waals surface area contributed by atoms with Crippen LogP contribution in [0.15, 0.2) is 42.5 Å². The van der Waals surface area contributed by atoms with Crippen LogP contribution >= 0.6 is 11.6 Å². The summed E-state index contributed by atoms with van der Waals surface area (Å²) in [7, 11) is 0. The fourth-order valence-corrected chi connectivity index (χ4v) is 3.70. The van der Waals surface area contributed by atoms with Crippen LogP contribution < -0.4 is 10.2 Å². The molecule has 0 atom stereocenters. The lowest BCUT2D eigenvalue weighted by molar-refractivity contribution is 0.271. The van der Waals surface area contributed by atoms with Crippen molar-refractivity contribution in [1.82, 2.24) is 14.9 Å². The molecular weight excluding hydrogens is 358 g/mol. The molecule has 3 aromatic rings. The van der Waals surface area contributed by atoms with E-state index < -0.39 is 0 Å². The Hall–Kier alpha value is -2.37. The number of nitrogens with one attached hydrogen (secondary N) is 1. The Bertz CT molecular complexity index is 928. The zero-order valence-electron chi connectivity index (χ0n) is 15.7. The predicted octanol–water partition coefficient (Wildman–Crippen LogP) is 4.48. The van der Waals surface area contributed by atoms with Crippen LogP contribution in [0.2, 0.25) is 5.02 Å². The van der Waals surface area contributed by atoms with Crippen molar-refractivity contribution >= 4 is 39.7 Å². The molecule has 1 fully saturated rings. The highest BCUT2D eigenvalue weighted by molar-refractivity contribution is 6.31. The second-order valence-electron chi connectivity index (χ2n) is 6.87. The zero-order chi connectivity index (χ0) is 18.8. The molecule has 5 nitrogen and oxygen atoms in total. The third kappa shape index (κ3) is 3.99. The lowest BCUT2D eigenvalue weighted by Crippen LogP contribution is -2.46. The van der Waals surface area contributed by atoms with Crippen molar-refractivity contribution in [3.8, 4) is 0 Å². The highest BCUT2D eigenvalue weighted by atomic mass is 35.5. The first kappa shape index (κ1) is 18.0. The minimum Gasteiger partial charge on any atom is -0.369 e. The highest BCUT2D eigenvalue weighted by Crippen LogP contribution is 2.27. The van der Waals surface area contributed by atoms with Crippen molar-refractivity contribution in [3.05, 3.63) is 53.3 Å². The molecule has 0 saturated carbocycles. The number of aromatic nitrogens is 2. The normalized spacial score (nSPS) is 15.3. The standard InChI is InChI=1S/C21H24ClN5/c1-3-26-10-12-27(13-11-26)18-7-5-17(6-8-18)25-21-19-9-4-16(22)14-20(19)23-15(2)24-21/h4-9,14H,3,10-13H2,1-2H3,(H,23,24,25). The van der Waals surface area contributed by atoms with E-state index in [1.807, 2.05) is 25.1 Å². The lowest BCUT2D eigenvalue weighted by atomic mass is 10.2. The molecule has 0 amide bonds. The SMILES string of the molecule is CCN1CCN(c2ccc(Nc3nc(C)nc4cc(Cl)ccc34)cc2)CC1. The second kappa shape index (κ2) is 7.71. The molecule has 2 aromatic carbocycles. The number of anilines is 3. The summed E-state index contributed by atoms with van der Waals surface area (Å²) in [6.45, 7) is 9.67. The quantitative estimate of drug-likeness (QED) is 0.722. The van der Waals surface area contributed by atoms with Crippen molar-refractivity contribution in [1.29, 1.82) is 0 Å². The molecule has 140 valence electrons. The van der Waals surface area contributed by atoms with Crippen molar-refractivity contribution in [2.75, 3.05) is 42.9 Å². The molecule has 6 heteroatoms. The summed E-state index contributed by atoms with van der Waals surface area (Å²) >= 11 is 6.10. The molecule has 2 heterocycles. The Balaban J connectivity index is 1.53. The van der Waals surface area contributed by atoms with Crippen LogP contribution in [0.4, 0.5) is 17.2 Å². The summed E-state index contributed by atoms with van der Waals surface area (Å²) in [6, 6.07) is 14.3. The van der Waals surface area contributed by atoms with Gasteiger partial charge in [-0.25, -0.2) is 9.97 Å². The molecule has 0 radical (unpaired) electrons. The first-order chi connectivity index (χ1) is 13.1. The number of fused-ring (bicyclic) bond motifs is 1. The van der Waals surface area contributed by atoms with Gasteiger partial charge in [-0.15, -0.1) is 0 Å². The number of aryl methyl sites for hydroxylation is 1.